The Labute approximate surface area is 171 Å². The monoisotopic (exact) mass is 470 g/mol. The summed E-state index contributed by atoms with van der Waals surface area (Å²) in [6, 6.07) is 13.2. The van der Waals surface area contributed by atoms with Gasteiger partial charge in [0.05, 0.1) is 7.11 Å². The minimum Gasteiger partial charge on any atom is -0.497 e. The minimum atomic E-state index is 0. The van der Waals surface area contributed by atoms with Crippen molar-refractivity contribution in [2.24, 2.45) is 4.99 Å². The predicted octanol–water partition coefficient (Wildman–Crippen LogP) is 2.62. The number of hydrogen-bond donors (Lipinski definition) is 2. The van der Waals surface area contributed by atoms with Crippen molar-refractivity contribution in [1.29, 1.82) is 0 Å². The second-order valence-corrected chi connectivity index (χ2v) is 5.64. The van der Waals surface area contributed by atoms with E-state index in [-0.39, 0.29) is 29.5 Å². The van der Waals surface area contributed by atoms with E-state index in [1.54, 1.807) is 30.9 Å². The summed E-state index contributed by atoms with van der Waals surface area (Å²) in [5.41, 5.74) is 1.21. The van der Waals surface area contributed by atoms with Gasteiger partial charge in [-0.15, -0.1) is 24.0 Å². The van der Waals surface area contributed by atoms with Crippen molar-refractivity contribution in [3.63, 3.8) is 0 Å². The zero-order valence-electron chi connectivity index (χ0n) is 15.3. The number of nitrogens with one attached hydrogen (secondary N) is 2. The molecule has 0 saturated heterocycles. The number of aliphatic imine (C=N–C) groups is 1. The van der Waals surface area contributed by atoms with Crippen LogP contribution in [0.4, 0.5) is 0 Å². The SMILES string of the molecule is CN=C(NCCCCn1ccccc1=O)NCc1ccc(OC)cc1.I. The summed E-state index contributed by atoms with van der Waals surface area (Å²) in [7, 11) is 3.42. The van der Waals surface area contributed by atoms with Gasteiger partial charge < -0.3 is 19.9 Å². The molecule has 2 aromatic rings. The molecule has 0 aliphatic carbocycles. The van der Waals surface area contributed by atoms with Crippen LogP contribution < -0.4 is 20.9 Å². The highest BCUT2D eigenvalue weighted by Crippen LogP contribution is 2.10. The summed E-state index contributed by atoms with van der Waals surface area (Å²) in [6.45, 7) is 2.24. The lowest BCUT2D eigenvalue weighted by atomic mass is 10.2. The fourth-order valence-corrected chi connectivity index (χ4v) is 2.41. The Morgan fingerprint density at radius 2 is 1.88 bits per heavy atom. The number of hydrogen-bond acceptors (Lipinski definition) is 3. The van der Waals surface area contributed by atoms with E-state index in [4.69, 9.17) is 4.74 Å². The van der Waals surface area contributed by atoms with Crippen molar-refractivity contribution in [2.45, 2.75) is 25.9 Å². The van der Waals surface area contributed by atoms with Gasteiger partial charge in [0, 0.05) is 38.9 Å². The van der Waals surface area contributed by atoms with Crippen LogP contribution in [-0.4, -0.2) is 31.2 Å². The van der Waals surface area contributed by atoms with Gasteiger partial charge in [0.15, 0.2) is 5.96 Å². The molecule has 26 heavy (non-hydrogen) atoms. The number of unbranched alkanes of at least 4 members (excludes halogenated alkanes) is 1. The molecule has 6 nitrogen and oxygen atoms in total. The number of halogens is 1. The van der Waals surface area contributed by atoms with Crippen molar-refractivity contribution >= 4 is 29.9 Å². The Bertz CT molecular complexity index is 729. The van der Waals surface area contributed by atoms with Gasteiger partial charge in [-0.1, -0.05) is 18.2 Å². The first-order valence-electron chi connectivity index (χ1n) is 8.46. The van der Waals surface area contributed by atoms with Crippen LogP contribution in [0.25, 0.3) is 0 Å². The molecule has 2 N–H and O–H groups in total. The highest BCUT2D eigenvalue weighted by molar-refractivity contribution is 14.0. The Kier molecular flexibility index (Phi) is 10.5. The van der Waals surface area contributed by atoms with Gasteiger partial charge in [0.1, 0.15) is 5.75 Å². The molecule has 0 saturated carbocycles. The van der Waals surface area contributed by atoms with Gasteiger partial charge in [-0.3, -0.25) is 9.79 Å². The van der Waals surface area contributed by atoms with E-state index in [1.165, 1.54) is 0 Å². The van der Waals surface area contributed by atoms with Gasteiger partial charge >= 0.3 is 0 Å². The number of guanidine groups is 1. The molecule has 7 heteroatoms. The molecule has 1 heterocycles. The topological polar surface area (TPSA) is 67.7 Å². The largest absolute Gasteiger partial charge is 0.497 e. The standard InChI is InChI=1S/C19H26N4O2.HI/c1-20-19(22-15-16-8-10-17(25-2)11-9-16)21-12-4-6-14-23-13-5-3-7-18(23)24;/h3,5,7-11,13H,4,6,12,14-15H2,1-2H3,(H2,20,21,22);1H. The summed E-state index contributed by atoms with van der Waals surface area (Å²) >= 11 is 0. The zero-order chi connectivity index (χ0) is 17.9. The third kappa shape index (κ3) is 7.47. The van der Waals surface area contributed by atoms with Crippen LogP contribution in [0.5, 0.6) is 5.75 Å². The molecular formula is C19H27IN4O2. The summed E-state index contributed by atoms with van der Waals surface area (Å²) < 4.78 is 6.89. The van der Waals surface area contributed by atoms with Gasteiger partial charge in [-0.05, 0) is 36.6 Å². The van der Waals surface area contributed by atoms with Crippen molar-refractivity contribution in [3.05, 3.63) is 64.6 Å². The van der Waals surface area contributed by atoms with Crippen LogP contribution in [0.15, 0.2) is 58.4 Å². The van der Waals surface area contributed by atoms with Crippen molar-refractivity contribution in [3.8, 4) is 5.75 Å². The minimum absolute atomic E-state index is 0. The van der Waals surface area contributed by atoms with E-state index in [1.807, 2.05) is 36.5 Å². The average molecular weight is 470 g/mol. The maximum atomic E-state index is 11.6. The Morgan fingerprint density at radius 1 is 1.12 bits per heavy atom. The second kappa shape index (κ2) is 12.3. The number of benzene rings is 1. The molecular weight excluding hydrogens is 443 g/mol. The first-order chi connectivity index (χ1) is 12.2. The number of ether oxygens (including phenoxy) is 1. The molecule has 142 valence electrons. The van der Waals surface area contributed by atoms with Crippen LogP contribution in [0.2, 0.25) is 0 Å². The van der Waals surface area contributed by atoms with Gasteiger partial charge in [0.25, 0.3) is 0 Å². The fourth-order valence-electron chi connectivity index (χ4n) is 2.41. The summed E-state index contributed by atoms with van der Waals surface area (Å²) in [4.78, 5) is 15.8. The lowest BCUT2D eigenvalue weighted by molar-refractivity contribution is 0.414. The third-order valence-electron chi connectivity index (χ3n) is 3.86. The average Bonchev–Trinajstić information content (AvgIpc) is 2.65. The second-order valence-electron chi connectivity index (χ2n) is 5.64. The van der Waals surface area contributed by atoms with E-state index in [2.05, 4.69) is 15.6 Å². The molecule has 0 fully saturated rings. The molecule has 0 bridgehead atoms. The predicted molar refractivity (Wildman–Crippen MR) is 117 cm³/mol. The zero-order valence-corrected chi connectivity index (χ0v) is 17.6. The van der Waals surface area contributed by atoms with Crippen molar-refractivity contribution < 1.29 is 4.74 Å². The van der Waals surface area contributed by atoms with Crippen LogP contribution in [0.3, 0.4) is 0 Å². The number of pyridine rings is 1. The molecule has 0 aliphatic heterocycles. The normalized spacial score (nSPS) is 10.8. The van der Waals surface area contributed by atoms with Gasteiger partial charge in [-0.2, -0.15) is 0 Å². The van der Waals surface area contributed by atoms with E-state index in [0.717, 1.165) is 43.2 Å². The first kappa shape index (κ1) is 22.0. The molecule has 0 amide bonds. The number of methoxy groups -OCH3 is 1. The highest BCUT2D eigenvalue weighted by Gasteiger charge is 1.99. The molecule has 0 aliphatic rings. The molecule has 0 unspecified atom stereocenters. The number of aryl methyl sites for hydroxylation is 1. The Balaban J connectivity index is 0.00000338. The summed E-state index contributed by atoms with van der Waals surface area (Å²) in [6.07, 6.45) is 3.72. The van der Waals surface area contributed by atoms with E-state index in [0.29, 0.717) is 6.54 Å². The maximum Gasteiger partial charge on any atom is 0.250 e. The molecule has 2 rings (SSSR count). The molecule has 0 atom stereocenters. The lowest BCUT2D eigenvalue weighted by Gasteiger charge is -2.12. The quantitative estimate of drug-likeness (QED) is 0.270. The van der Waals surface area contributed by atoms with Crippen LogP contribution in [-0.2, 0) is 13.1 Å². The molecule has 1 aromatic heterocycles. The molecule has 0 radical (unpaired) electrons. The van der Waals surface area contributed by atoms with Crippen LogP contribution >= 0.6 is 24.0 Å². The van der Waals surface area contributed by atoms with E-state index < -0.39 is 0 Å². The van der Waals surface area contributed by atoms with Crippen molar-refractivity contribution in [1.82, 2.24) is 15.2 Å². The van der Waals surface area contributed by atoms with E-state index in [9.17, 15) is 4.79 Å². The Hall–Kier alpha value is -2.03. The molecule has 0 spiro atoms. The van der Waals surface area contributed by atoms with E-state index >= 15 is 0 Å². The fraction of sp³-hybridized carbons (Fsp3) is 0.368. The maximum absolute atomic E-state index is 11.6. The number of rotatable bonds is 8. The van der Waals surface area contributed by atoms with Gasteiger partial charge in [-0.25, -0.2) is 0 Å². The molecule has 1 aromatic carbocycles. The Morgan fingerprint density at radius 3 is 2.54 bits per heavy atom. The van der Waals surface area contributed by atoms with Crippen LogP contribution in [0.1, 0.15) is 18.4 Å². The van der Waals surface area contributed by atoms with Gasteiger partial charge in [0.2, 0.25) is 5.56 Å². The van der Waals surface area contributed by atoms with Crippen LogP contribution in [0, 0.1) is 0 Å². The van der Waals surface area contributed by atoms with Crippen molar-refractivity contribution in [2.75, 3.05) is 20.7 Å². The summed E-state index contributed by atoms with van der Waals surface area (Å²) in [5, 5.41) is 6.57. The number of aromatic nitrogens is 1. The smallest absolute Gasteiger partial charge is 0.250 e. The number of nitrogens with zero attached hydrogens (tertiary/aromatic N) is 2. The summed E-state index contributed by atoms with van der Waals surface area (Å²) in [5.74, 6) is 1.62. The third-order valence-corrected chi connectivity index (χ3v) is 3.86. The highest BCUT2D eigenvalue weighted by atomic mass is 127. The lowest BCUT2D eigenvalue weighted by Crippen LogP contribution is -2.37. The first-order valence-corrected chi connectivity index (χ1v) is 8.46.